The molecule has 2 nitrogen and oxygen atoms in total. The molecule has 2 heterocycles. The smallest absolute Gasteiger partial charge is 0.0641 e. The van der Waals surface area contributed by atoms with Crippen LogP contribution in [-0.2, 0) is 6.42 Å². The van der Waals surface area contributed by atoms with Crippen molar-refractivity contribution in [3.8, 4) is 0 Å². The molecule has 1 aromatic rings. The molecule has 1 aliphatic heterocycles. The van der Waals surface area contributed by atoms with Gasteiger partial charge in [0.25, 0.3) is 0 Å². The average molecular weight is 211 g/mol. The molecule has 1 aromatic heterocycles. The van der Waals surface area contributed by atoms with Gasteiger partial charge in [-0.05, 0) is 25.3 Å². The van der Waals surface area contributed by atoms with E-state index >= 15 is 0 Å². The fourth-order valence-corrected chi connectivity index (χ4v) is 2.16. The molecule has 0 saturated carbocycles. The normalized spacial score (nSPS) is 16.3. The first kappa shape index (κ1) is 9.78. The molecule has 2 rings (SSSR count). The van der Waals surface area contributed by atoms with Crippen LogP contribution in [0.15, 0.2) is 12.3 Å². The van der Waals surface area contributed by atoms with Crippen molar-refractivity contribution in [1.82, 2.24) is 4.98 Å². The van der Waals surface area contributed by atoms with E-state index in [0.717, 1.165) is 30.2 Å². The molecule has 0 unspecified atom stereocenters. The maximum Gasteiger partial charge on any atom is 0.0641 e. The van der Waals surface area contributed by atoms with E-state index in [-0.39, 0.29) is 0 Å². The lowest BCUT2D eigenvalue weighted by molar-refractivity contribution is 0.949. The van der Waals surface area contributed by atoms with Crippen molar-refractivity contribution >= 4 is 17.3 Å². The lowest BCUT2D eigenvalue weighted by Gasteiger charge is -2.17. The molecule has 1 saturated heterocycles. The van der Waals surface area contributed by atoms with Crippen LogP contribution < -0.4 is 4.90 Å². The number of pyridine rings is 1. The number of nitrogens with zero attached hydrogens (tertiary/aromatic N) is 2. The number of halogens is 1. The van der Waals surface area contributed by atoms with E-state index in [1.54, 1.807) is 0 Å². The van der Waals surface area contributed by atoms with Gasteiger partial charge < -0.3 is 4.90 Å². The summed E-state index contributed by atoms with van der Waals surface area (Å²) in [6.07, 6.45) is 5.41. The second-order valence-corrected chi connectivity index (χ2v) is 4.08. The van der Waals surface area contributed by atoms with Crippen LogP contribution in [0, 0.1) is 0 Å². The fraction of sp³-hybridized carbons (Fsp3) is 0.545. The summed E-state index contributed by atoms with van der Waals surface area (Å²) < 4.78 is 0. The number of rotatable bonds is 2. The van der Waals surface area contributed by atoms with E-state index in [2.05, 4.69) is 16.8 Å². The molecule has 0 aliphatic carbocycles. The summed E-state index contributed by atoms with van der Waals surface area (Å²) in [5.41, 5.74) is 2.17. The standard InChI is InChI=1S/C11H15ClN2/c1-2-11-10(12)7-9(8-13-11)14-5-3-4-6-14/h7-8H,2-6H2,1H3. The van der Waals surface area contributed by atoms with Crippen molar-refractivity contribution in [2.45, 2.75) is 26.2 Å². The highest BCUT2D eigenvalue weighted by molar-refractivity contribution is 6.31. The van der Waals surface area contributed by atoms with E-state index in [4.69, 9.17) is 11.6 Å². The third-order valence-electron chi connectivity index (χ3n) is 2.71. The van der Waals surface area contributed by atoms with Crippen molar-refractivity contribution < 1.29 is 0 Å². The molecular formula is C11H15ClN2. The van der Waals surface area contributed by atoms with Crippen LogP contribution in [0.2, 0.25) is 5.02 Å². The van der Waals surface area contributed by atoms with E-state index in [9.17, 15) is 0 Å². The summed E-state index contributed by atoms with van der Waals surface area (Å²) >= 11 is 6.12. The van der Waals surface area contributed by atoms with Crippen LogP contribution in [0.1, 0.15) is 25.5 Å². The average Bonchev–Trinajstić information content (AvgIpc) is 2.70. The Hall–Kier alpha value is -0.760. The van der Waals surface area contributed by atoms with Gasteiger partial charge >= 0.3 is 0 Å². The molecule has 0 spiro atoms. The van der Waals surface area contributed by atoms with Crippen LogP contribution in [0.5, 0.6) is 0 Å². The van der Waals surface area contributed by atoms with Crippen LogP contribution in [0.25, 0.3) is 0 Å². The predicted octanol–water partition coefficient (Wildman–Crippen LogP) is 2.90. The molecular weight excluding hydrogens is 196 g/mol. The van der Waals surface area contributed by atoms with Crippen molar-refractivity contribution in [2.75, 3.05) is 18.0 Å². The van der Waals surface area contributed by atoms with Crippen molar-refractivity contribution in [3.05, 3.63) is 23.0 Å². The summed E-state index contributed by atoms with van der Waals surface area (Å²) in [5.74, 6) is 0. The van der Waals surface area contributed by atoms with Gasteiger partial charge in [0.05, 0.1) is 22.6 Å². The Balaban J connectivity index is 2.23. The van der Waals surface area contributed by atoms with Gasteiger partial charge in [0.1, 0.15) is 0 Å². The zero-order valence-corrected chi connectivity index (χ0v) is 9.22. The van der Waals surface area contributed by atoms with Gasteiger partial charge in [0.15, 0.2) is 0 Å². The van der Waals surface area contributed by atoms with E-state index in [0.29, 0.717) is 0 Å². The van der Waals surface area contributed by atoms with Crippen LogP contribution in [0.3, 0.4) is 0 Å². The van der Waals surface area contributed by atoms with Crippen LogP contribution in [0.4, 0.5) is 5.69 Å². The zero-order valence-electron chi connectivity index (χ0n) is 8.46. The maximum atomic E-state index is 6.12. The topological polar surface area (TPSA) is 16.1 Å². The highest BCUT2D eigenvalue weighted by atomic mass is 35.5. The molecule has 14 heavy (non-hydrogen) atoms. The van der Waals surface area contributed by atoms with Crippen molar-refractivity contribution in [2.24, 2.45) is 0 Å². The lowest BCUT2D eigenvalue weighted by Crippen LogP contribution is -2.17. The van der Waals surface area contributed by atoms with Gasteiger partial charge in [0.2, 0.25) is 0 Å². The first-order valence-electron chi connectivity index (χ1n) is 5.20. The Labute approximate surface area is 89.9 Å². The first-order valence-corrected chi connectivity index (χ1v) is 5.58. The Bertz CT molecular complexity index is 319. The van der Waals surface area contributed by atoms with Crippen LogP contribution >= 0.6 is 11.6 Å². The number of hydrogen-bond donors (Lipinski definition) is 0. The van der Waals surface area contributed by atoms with Gasteiger partial charge in [0, 0.05) is 13.1 Å². The van der Waals surface area contributed by atoms with Gasteiger partial charge in [-0.15, -0.1) is 0 Å². The molecule has 3 heteroatoms. The summed E-state index contributed by atoms with van der Waals surface area (Å²) in [5, 5.41) is 0.803. The SMILES string of the molecule is CCc1ncc(N2CCCC2)cc1Cl. The van der Waals surface area contributed by atoms with Gasteiger partial charge in [-0.25, -0.2) is 0 Å². The Kier molecular flexibility index (Phi) is 2.92. The Morgan fingerprint density at radius 1 is 1.43 bits per heavy atom. The second kappa shape index (κ2) is 4.18. The quantitative estimate of drug-likeness (QED) is 0.746. The number of aryl methyl sites for hydroxylation is 1. The summed E-state index contributed by atoms with van der Waals surface area (Å²) in [6.45, 7) is 4.36. The molecule has 0 aromatic carbocycles. The Morgan fingerprint density at radius 2 is 2.14 bits per heavy atom. The highest BCUT2D eigenvalue weighted by Crippen LogP contribution is 2.24. The van der Waals surface area contributed by atoms with Gasteiger partial charge in [-0.3, -0.25) is 4.98 Å². The monoisotopic (exact) mass is 210 g/mol. The maximum absolute atomic E-state index is 6.12. The molecule has 1 aliphatic rings. The minimum Gasteiger partial charge on any atom is -0.370 e. The lowest BCUT2D eigenvalue weighted by atomic mass is 10.2. The highest BCUT2D eigenvalue weighted by Gasteiger charge is 2.13. The first-order chi connectivity index (χ1) is 6.81. The number of anilines is 1. The van der Waals surface area contributed by atoms with E-state index in [1.165, 1.54) is 18.5 Å². The predicted molar refractivity (Wildman–Crippen MR) is 60.1 cm³/mol. The molecule has 0 amide bonds. The summed E-state index contributed by atoms with van der Waals surface area (Å²) in [4.78, 5) is 6.71. The van der Waals surface area contributed by atoms with Crippen molar-refractivity contribution in [1.29, 1.82) is 0 Å². The van der Waals surface area contributed by atoms with Gasteiger partial charge in [-0.1, -0.05) is 18.5 Å². The van der Waals surface area contributed by atoms with Crippen LogP contribution in [-0.4, -0.2) is 18.1 Å². The third-order valence-corrected chi connectivity index (χ3v) is 3.04. The second-order valence-electron chi connectivity index (χ2n) is 3.67. The summed E-state index contributed by atoms with van der Waals surface area (Å²) in [6, 6.07) is 2.04. The van der Waals surface area contributed by atoms with Gasteiger partial charge in [-0.2, -0.15) is 0 Å². The minimum absolute atomic E-state index is 0.803. The van der Waals surface area contributed by atoms with E-state index < -0.39 is 0 Å². The summed E-state index contributed by atoms with van der Waals surface area (Å²) in [7, 11) is 0. The molecule has 1 fully saturated rings. The number of aromatic nitrogens is 1. The molecule has 0 atom stereocenters. The molecule has 0 bridgehead atoms. The zero-order chi connectivity index (χ0) is 9.97. The fourth-order valence-electron chi connectivity index (χ4n) is 1.86. The van der Waals surface area contributed by atoms with E-state index in [1.807, 2.05) is 12.3 Å². The Morgan fingerprint density at radius 3 is 2.71 bits per heavy atom. The minimum atomic E-state index is 0.803. The third kappa shape index (κ3) is 1.85. The molecule has 0 radical (unpaired) electrons. The molecule has 76 valence electrons. The largest absolute Gasteiger partial charge is 0.370 e. The number of hydrogen-bond acceptors (Lipinski definition) is 2. The molecule has 0 N–H and O–H groups in total. The van der Waals surface area contributed by atoms with Crippen molar-refractivity contribution in [3.63, 3.8) is 0 Å².